The van der Waals surface area contributed by atoms with Crippen LogP contribution in [0.1, 0.15) is 40.5 Å². The van der Waals surface area contributed by atoms with Crippen LogP contribution in [0.3, 0.4) is 0 Å². The maximum absolute atomic E-state index is 5.62. The summed E-state index contributed by atoms with van der Waals surface area (Å²) < 4.78 is 5.62. The number of hydrogen-bond acceptors (Lipinski definition) is 3. The fourth-order valence-electron chi connectivity index (χ4n) is 2.37. The number of nitrogens with zero attached hydrogens (tertiary/aromatic N) is 1. The fourth-order valence-corrected chi connectivity index (χ4v) is 2.37. The standard InChI is InChI=1S/C13H28N2O/c1-10(2)14-8-6-11(3)15(5)13-7-9-16-12(13)4/h10-14H,6-9H2,1-5H3. The summed E-state index contributed by atoms with van der Waals surface area (Å²) in [6.45, 7) is 10.9. The normalized spacial score (nSPS) is 27.9. The monoisotopic (exact) mass is 228 g/mol. The third-order valence-corrected chi connectivity index (χ3v) is 3.67. The van der Waals surface area contributed by atoms with E-state index in [2.05, 4.69) is 45.0 Å². The molecule has 1 rings (SSSR count). The molecule has 1 N–H and O–H groups in total. The SMILES string of the molecule is CC(C)NCCC(C)N(C)C1CCOC1C. The van der Waals surface area contributed by atoms with Crippen molar-refractivity contribution in [3.8, 4) is 0 Å². The van der Waals surface area contributed by atoms with Gasteiger partial charge in [0.15, 0.2) is 0 Å². The first-order valence-electron chi connectivity index (χ1n) is 6.59. The minimum absolute atomic E-state index is 0.394. The van der Waals surface area contributed by atoms with E-state index in [4.69, 9.17) is 4.74 Å². The van der Waals surface area contributed by atoms with Crippen LogP contribution in [0, 0.1) is 0 Å². The Balaban J connectivity index is 2.26. The number of ether oxygens (including phenoxy) is 1. The van der Waals surface area contributed by atoms with Crippen LogP contribution < -0.4 is 5.32 Å². The van der Waals surface area contributed by atoms with Crippen molar-refractivity contribution >= 4 is 0 Å². The van der Waals surface area contributed by atoms with Crippen LogP contribution in [0.2, 0.25) is 0 Å². The van der Waals surface area contributed by atoms with E-state index in [-0.39, 0.29) is 0 Å². The molecule has 0 spiro atoms. The first-order chi connectivity index (χ1) is 7.52. The lowest BCUT2D eigenvalue weighted by molar-refractivity contribution is 0.0688. The Kier molecular flexibility index (Phi) is 5.73. The zero-order chi connectivity index (χ0) is 12.1. The quantitative estimate of drug-likeness (QED) is 0.751. The first kappa shape index (κ1) is 13.9. The van der Waals surface area contributed by atoms with Gasteiger partial charge in [0.25, 0.3) is 0 Å². The zero-order valence-corrected chi connectivity index (χ0v) is 11.5. The van der Waals surface area contributed by atoms with Crippen LogP contribution in [-0.2, 0) is 4.74 Å². The second kappa shape index (κ2) is 6.58. The molecule has 0 radical (unpaired) electrons. The van der Waals surface area contributed by atoms with E-state index >= 15 is 0 Å². The molecule has 1 heterocycles. The largest absolute Gasteiger partial charge is 0.377 e. The third kappa shape index (κ3) is 4.04. The summed E-state index contributed by atoms with van der Waals surface area (Å²) in [5.41, 5.74) is 0. The van der Waals surface area contributed by atoms with Gasteiger partial charge in [-0.1, -0.05) is 13.8 Å². The van der Waals surface area contributed by atoms with Gasteiger partial charge in [0.2, 0.25) is 0 Å². The molecular formula is C13H28N2O. The molecule has 1 fully saturated rings. The summed E-state index contributed by atoms with van der Waals surface area (Å²) in [4.78, 5) is 2.49. The number of likely N-dealkylation sites (N-methyl/N-ethyl adjacent to an activating group) is 1. The summed E-state index contributed by atoms with van der Waals surface area (Å²) in [6, 6.07) is 1.82. The van der Waals surface area contributed by atoms with Gasteiger partial charge in [0, 0.05) is 24.7 Å². The Bertz CT molecular complexity index is 196. The number of hydrogen-bond donors (Lipinski definition) is 1. The van der Waals surface area contributed by atoms with E-state index in [1.165, 1.54) is 12.8 Å². The molecule has 3 unspecified atom stereocenters. The van der Waals surface area contributed by atoms with E-state index in [0.29, 0.717) is 24.2 Å². The van der Waals surface area contributed by atoms with Gasteiger partial charge in [-0.15, -0.1) is 0 Å². The molecule has 3 atom stereocenters. The van der Waals surface area contributed by atoms with Crippen molar-refractivity contribution in [1.82, 2.24) is 10.2 Å². The highest BCUT2D eigenvalue weighted by molar-refractivity contribution is 4.83. The van der Waals surface area contributed by atoms with Crippen LogP contribution in [0.15, 0.2) is 0 Å². The Hall–Kier alpha value is -0.120. The van der Waals surface area contributed by atoms with Gasteiger partial charge in [0.05, 0.1) is 6.10 Å². The Morgan fingerprint density at radius 2 is 2.06 bits per heavy atom. The van der Waals surface area contributed by atoms with Gasteiger partial charge >= 0.3 is 0 Å². The first-order valence-corrected chi connectivity index (χ1v) is 6.59. The van der Waals surface area contributed by atoms with Gasteiger partial charge in [-0.05, 0) is 40.3 Å². The lowest BCUT2D eigenvalue weighted by Crippen LogP contribution is -2.43. The molecule has 0 bridgehead atoms. The van der Waals surface area contributed by atoms with Crippen molar-refractivity contribution in [2.24, 2.45) is 0 Å². The fraction of sp³-hybridized carbons (Fsp3) is 1.00. The van der Waals surface area contributed by atoms with Crippen molar-refractivity contribution in [2.45, 2.75) is 64.8 Å². The van der Waals surface area contributed by atoms with E-state index in [1.54, 1.807) is 0 Å². The molecule has 0 aromatic heterocycles. The molecule has 16 heavy (non-hydrogen) atoms. The van der Waals surface area contributed by atoms with Crippen molar-refractivity contribution in [1.29, 1.82) is 0 Å². The van der Waals surface area contributed by atoms with Gasteiger partial charge in [-0.25, -0.2) is 0 Å². The van der Waals surface area contributed by atoms with Crippen LogP contribution in [0.5, 0.6) is 0 Å². The molecule has 1 saturated heterocycles. The summed E-state index contributed by atoms with van der Waals surface area (Å²) in [5.74, 6) is 0. The maximum atomic E-state index is 5.62. The van der Waals surface area contributed by atoms with Crippen LogP contribution in [0.25, 0.3) is 0 Å². The van der Waals surface area contributed by atoms with Crippen molar-refractivity contribution in [3.63, 3.8) is 0 Å². The van der Waals surface area contributed by atoms with Gasteiger partial charge in [-0.2, -0.15) is 0 Å². The smallest absolute Gasteiger partial charge is 0.0703 e. The molecule has 96 valence electrons. The minimum atomic E-state index is 0.394. The number of rotatable bonds is 6. The van der Waals surface area contributed by atoms with Crippen molar-refractivity contribution in [2.75, 3.05) is 20.2 Å². The lowest BCUT2D eigenvalue weighted by Gasteiger charge is -2.32. The summed E-state index contributed by atoms with van der Waals surface area (Å²) in [5, 5.41) is 3.48. The van der Waals surface area contributed by atoms with E-state index in [9.17, 15) is 0 Å². The zero-order valence-electron chi connectivity index (χ0n) is 11.5. The summed E-state index contributed by atoms with van der Waals surface area (Å²) >= 11 is 0. The van der Waals surface area contributed by atoms with Crippen LogP contribution in [-0.4, -0.2) is 49.3 Å². The Morgan fingerprint density at radius 3 is 2.56 bits per heavy atom. The Morgan fingerprint density at radius 1 is 1.38 bits per heavy atom. The second-order valence-electron chi connectivity index (χ2n) is 5.34. The van der Waals surface area contributed by atoms with Gasteiger partial charge in [-0.3, -0.25) is 4.90 Å². The van der Waals surface area contributed by atoms with Crippen molar-refractivity contribution in [3.05, 3.63) is 0 Å². The molecule has 0 aromatic carbocycles. The van der Waals surface area contributed by atoms with Crippen molar-refractivity contribution < 1.29 is 4.74 Å². The molecule has 3 heteroatoms. The maximum Gasteiger partial charge on any atom is 0.0703 e. The average molecular weight is 228 g/mol. The highest BCUT2D eigenvalue weighted by atomic mass is 16.5. The van der Waals surface area contributed by atoms with Crippen LogP contribution >= 0.6 is 0 Å². The molecule has 0 aromatic rings. The average Bonchev–Trinajstić information content (AvgIpc) is 2.62. The van der Waals surface area contributed by atoms with Gasteiger partial charge < -0.3 is 10.1 Å². The van der Waals surface area contributed by atoms with Crippen LogP contribution in [0.4, 0.5) is 0 Å². The van der Waals surface area contributed by atoms with E-state index < -0.39 is 0 Å². The highest BCUT2D eigenvalue weighted by Gasteiger charge is 2.29. The molecule has 0 saturated carbocycles. The predicted molar refractivity (Wildman–Crippen MR) is 68.8 cm³/mol. The minimum Gasteiger partial charge on any atom is -0.377 e. The second-order valence-corrected chi connectivity index (χ2v) is 5.34. The topological polar surface area (TPSA) is 24.5 Å². The summed E-state index contributed by atoms with van der Waals surface area (Å²) in [6.07, 6.45) is 2.78. The van der Waals surface area contributed by atoms with E-state index in [1.807, 2.05) is 0 Å². The molecular weight excluding hydrogens is 200 g/mol. The third-order valence-electron chi connectivity index (χ3n) is 3.67. The molecule has 1 aliphatic rings. The lowest BCUT2D eigenvalue weighted by atomic mass is 10.1. The molecule has 0 amide bonds. The summed E-state index contributed by atoms with van der Waals surface area (Å²) in [7, 11) is 2.23. The number of nitrogens with one attached hydrogen (secondary N) is 1. The highest BCUT2D eigenvalue weighted by Crippen LogP contribution is 2.20. The van der Waals surface area contributed by atoms with E-state index in [0.717, 1.165) is 13.2 Å². The molecule has 0 aliphatic carbocycles. The molecule has 1 aliphatic heterocycles. The Labute approximate surface area is 101 Å². The predicted octanol–water partition coefficient (Wildman–Crippen LogP) is 1.87. The van der Waals surface area contributed by atoms with Gasteiger partial charge in [0.1, 0.15) is 0 Å². The molecule has 3 nitrogen and oxygen atoms in total.